The van der Waals surface area contributed by atoms with Gasteiger partial charge in [0.15, 0.2) is 0 Å². The molecule has 0 amide bonds. The molecule has 0 bridgehead atoms. The van der Waals surface area contributed by atoms with Gasteiger partial charge in [-0.3, -0.25) is 0 Å². The molecule has 3 nitrogen and oxygen atoms in total. The summed E-state index contributed by atoms with van der Waals surface area (Å²) in [6, 6.07) is 1.95. The van der Waals surface area contributed by atoms with Crippen molar-refractivity contribution in [3.63, 3.8) is 0 Å². The van der Waals surface area contributed by atoms with Gasteiger partial charge in [0, 0.05) is 5.56 Å². The van der Waals surface area contributed by atoms with Crippen LogP contribution < -0.4 is 9.47 Å². The highest BCUT2D eigenvalue weighted by molar-refractivity contribution is 5.32. The Hall–Kier alpha value is -1.25. The van der Waals surface area contributed by atoms with E-state index in [0.29, 0.717) is 25.0 Å². The van der Waals surface area contributed by atoms with E-state index >= 15 is 0 Å². The highest BCUT2D eigenvalue weighted by Crippen LogP contribution is 2.20. The molecule has 84 valence electrons. The summed E-state index contributed by atoms with van der Waals surface area (Å²) in [6.07, 6.45) is 1.70. The topological polar surface area (TPSA) is 31.4 Å². The lowest BCUT2D eigenvalue weighted by Crippen LogP contribution is -2.07. The van der Waals surface area contributed by atoms with Crippen molar-refractivity contribution in [3.8, 4) is 11.6 Å². The van der Waals surface area contributed by atoms with Crippen molar-refractivity contribution >= 4 is 0 Å². The van der Waals surface area contributed by atoms with Crippen LogP contribution in [0.5, 0.6) is 11.6 Å². The van der Waals surface area contributed by atoms with Crippen molar-refractivity contribution < 1.29 is 9.47 Å². The summed E-state index contributed by atoms with van der Waals surface area (Å²) in [4.78, 5) is 4.22. The zero-order chi connectivity index (χ0) is 11.3. The van der Waals surface area contributed by atoms with Gasteiger partial charge in [0.25, 0.3) is 0 Å². The van der Waals surface area contributed by atoms with Gasteiger partial charge in [0.1, 0.15) is 5.75 Å². The first-order chi connectivity index (χ1) is 7.13. The van der Waals surface area contributed by atoms with Gasteiger partial charge in [-0.15, -0.1) is 0 Å². The minimum Gasteiger partial charge on any atom is -0.492 e. The molecule has 0 aliphatic heterocycles. The Morgan fingerprint density at radius 3 is 2.60 bits per heavy atom. The van der Waals surface area contributed by atoms with Crippen LogP contribution in [0.2, 0.25) is 0 Å². The monoisotopic (exact) mass is 209 g/mol. The van der Waals surface area contributed by atoms with Gasteiger partial charge in [-0.25, -0.2) is 4.98 Å². The number of aryl methyl sites for hydroxylation is 1. The number of pyridine rings is 1. The molecule has 1 aromatic heterocycles. The number of hydrogen-bond acceptors (Lipinski definition) is 3. The first kappa shape index (κ1) is 11.8. The van der Waals surface area contributed by atoms with Crippen molar-refractivity contribution in [2.75, 3.05) is 13.2 Å². The van der Waals surface area contributed by atoms with Crippen LogP contribution in [0.3, 0.4) is 0 Å². The van der Waals surface area contributed by atoms with Gasteiger partial charge >= 0.3 is 0 Å². The second-order valence-electron chi connectivity index (χ2n) is 3.93. The molecule has 3 heteroatoms. The second kappa shape index (κ2) is 5.59. The molecule has 0 unspecified atom stereocenters. The molecule has 1 aromatic rings. The second-order valence-corrected chi connectivity index (χ2v) is 3.93. The van der Waals surface area contributed by atoms with E-state index in [4.69, 9.17) is 9.47 Å². The Morgan fingerprint density at radius 1 is 1.33 bits per heavy atom. The molecule has 0 N–H and O–H groups in total. The lowest BCUT2D eigenvalue weighted by molar-refractivity contribution is 0.258. The average molecular weight is 209 g/mol. The third-order valence-corrected chi connectivity index (χ3v) is 1.87. The van der Waals surface area contributed by atoms with Crippen LogP contribution in [0.4, 0.5) is 0 Å². The Balaban J connectivity index is 2.66. The molecule has 15 heavy (non-hydrogen) atoms. The average Bonchev–Trinajstić information content (AvgIpc) is 2.17. The van der Waals surface area contributed by atoms with Gasteiger partial charge in [0.05, 0.1) is 19.4 Å². The molecule has 0 aliphatic rings. The minimum atomic E-state index is 0.512. The van der Waals surface area contributed by atoms with E-state index in [2.05, 4.69) is 18.8 Å². The Labute approximate surface area is 91.4 Å². The van der Waals surface area contributed by atoms with E-state index in [1.807, 2.05) is 19.9 Å². The summed E-state index contributed by atoms with van der Waals surface area (Å²) < 4.78 is 10.9. The van der Waals surface area contributed by atoms with Crippen LogP contribution in [0.1, 0.15) is 26.3 Å². The molecule has 0 radical (unpaired) electrons. The number of nitrogens with zero attached hydrogens (tertiary/aromatic N) is 1. The summed E-state index contributed by atoms with van der Waals surface area (Å²) >= 11 is 0. The van der Waals surface area contributed by atoms with Crippen LogP contribution in [-0.4, -0.2) is 18.2 Å². The van der Waals surface area contributed by atoms with Gasteiger partial charge in [-0.2, -0.15) is 0 Å². The lowest BCUT2D eigenvalue weighted by Gasteiger charge is -2.11. The van der Waals surface area contributed by atoms with E-state index in [9.17, 15) is 0 Å². The fraction of sp³-hybridized carbons (Fsp3) is 0.583. The van der Waals surface area contributed by atoms with Crippen molar-refractivity contribution in [1.82, 2.24) is 4.98 Å². The maximum atomic E-state index is 5.56. The van der Waals surface area contributed by atoms with Crippen LogP contribution in [-0.2, 0) is 0 Å². The maximum absolute atomic E-state index is 5.56. The van der Waals surface area contributed by atoms with E-state index in [1.54, 1.807) is 6.20 Å². The number of aromatic nitrogens is 1. The molecule has 0 atom stereocenters. The molecule has 0 fully saturated rings. The normalized spacial score (nSPS) is 10.5. The zero-order valence-corrected chi connectivity index (χ0v) is 9.91. The smallest absolute Gasteiger partial charge is 0.216 e. The summed E-state index contributed by atoms with van der Waals surface area (Å²) in [5.41, 5.74) is 1.02. The number of ether oxygens (including phenoxy) is 2. The summed E-state index contributed by atoms with van der Waals surface area (Å²) in [5.74, 6) is 2.01. The molecule has 1 rings (SSSR count). The van der Waals surface area contributed by atoms with E-state index in [-0.39, 0.29) is 0 Å². The van der Waals surface area contributed by atoms with Crippen LogP contribution in [0.25, 0.3) is 0 Å². The quantitative estimate of drug-likeness (QED) is 0.747. The van der Waals surface area contributed by atoms with Crippen molar-refractivity contribution in [2.45, 2.75) is 27.7 Å². The molecule has 0 saturated heterocycles. The van der Waals surface area contributed by atoms with Crippen molar-refractivity contribution in [2.24, 2.45) is 5.92 Å². The van der Waals surface area contributed by atoms with Gasteiger partial charge in [0.2, 0.25) is 5.88 Å². The maximum Gasteiger partial charge on any atom is 0.216 e. The first-order valence-electron chi connectivity index (χ1n) is 5.35. The number of hydrogen-bond donors (Lipinski definition) is 0. The predicted octanol–water partition coefficient (Wildman–Crippen LogP) is 2.82. The summed E-state index contributed by atoms with van der Waals surface area (Å²) in [5, 5.41) is 0. The van der Waals surface area contributed by atoms with Crippen LogP contribution in [0.15, 0.2) is 12.3 Å². The standard InChI is InChI=1S/C12H19NO2/c1-5-14-11-6-10(4)12(13-7-11)15-8-9(2)3/h6-7,9H,5,8H2,1-4H3. The Kier molecular flexibility index (Phi) is 4.40. The molecule has 1 heterocycles. The van der Waals surface area contributed by atoms with Gasteiger partial charge in [-0.05, 0) is 25.8 Å². The van der Waals surface area contributed by atoms with Gasteiger partial charge in [-0.1, -0.05) is 13.8 Å². The van der Waals surface area contributed by atoms with E-state index in [0.717, 1.165) is 11.3 Å². The van der Waals surface area contributed by atoms with Crippen molar-refractivity contribution in [1.29, 1.82) is 0 Å². The van der Waals surface area contributed by atoms with Crippen molar-refractivity contribution in [3.05, 3.63) is 17.8 Å². The van der Waals surface area contributed by atoms with E-state index < -0.39 is 0 Å². The summed E-state index contributed by atoms with van der Waals surface area (Å²) in [6.45, 7) is 9.52. The summed E-state index contributed by atoms with van der Waals surface area (Å²) in [7, 11) is 0. The van der Waals surface area contributed by atoms with Crippen LogP contribution >= 0.6 is 0 Å². The molecule has 0 spiro atoms. The zero-order valence-electron chi connectivity index (χ0n) is 9.91. The fourth-order valence-electron chi connectivity index (χ4n) is 1.18. The predicted molar refractivity (Wildman–Crippen MR) is 60.5 cm³/mol. The largest absolute Gasteiger partial charge is 0.492 e. The molecule has 0 aromatic carbocycles. The SMILES string of the molecule is CCOc1cnc(OCC(C)C)c(C)c1. The highest BCUT2D eigenvalue weighted by atomic mass is 16.5. The third kappa shape index (κ3) is 3.78. The first-order valence-corrected chi connectivity index (χ1v) is 5.35. The van der Waals surface area contributed by atoms with Crippen LogP contribution in [0, 0.1) is 12.8 Å². The lowest BCUT2D eigenvalue weighted by atomic mass is 10.2. The minimum absolute atomic E-state index is 0.512. The van der Waals surface area contributed by atoms with Gasteiger partial charge < -0.3 is 9.47 Å². The highest BCUT2D eigenvalue weighted by Gasteiger charge is 2.04. The fourth-order valence-corrected chi connectivity index (χ4v) is 1.18. The molecule has 0 aliphatic carbocycles. The molecular formula is C12H19NO2. The Bertz CT molecular complexity index is 310. The number of rotatable bonds is 5. The molecular weight excluding hydrogens is 190 g/mol. The van der Waals surface area contributed by atoms with E-state index in [1.165, 1.54) is 0 Å². The molecule has 0 saturated carbocycles. The third-order valence-electron chi connectivity index (χ3n) is 1.87. The Morgan fingerprint density at radius 2 is 2.07 bits per heavy atom.